The van der Waals surface area contributed by atoms with E-state index in [9.17, 15) is 13.2 Å². The molecule has 0 aliphatic carbocycles. The standard InChI is InChI=1S/C15H17N3O4S/c1-10-17-13(9-22-10)8-16-23(20,21)14-3-4-15-12(7-14)5-6-18(15)11(2)19/h3-4,7,9,16H,5-6,8H2,1-2H3. The van der Waals surface area contributed by atoms with Gasteiger partial charge in [0.1, 0.15) is 6.26 Å². The number of carbonyl (C=O) groups excluding carboxylic acids is 1. The van der Waals surface area contributed by atoms with Crippen molar-refractivity contribution >= 4 is 21.6 Å². The van der Waals surface area contributed by atoms with E-state index in [0.717, 1.165) is 11.3 Å². The molecule has 1 aromatic carbocycles. The SMILES string of the molecule is CC(=O)N1CCc2cc(S(=O)(=O)NCc3coc(C)n3)ccc21. The fourth-order valence-electron chi connectivity index (χ4n) is 2.61. The lowest BCUT2D eigenvalue weighted by atomic mass is 10.2. The van der Waals surface area contributed by atoms with Crippen LogP contribution >= 0.6 is 0 Å². The molecule has 122 valence electrons. The lowest BCUT2D eigenvalue weighted by molar-refractivity contribution is -0.116. The van der Waals surface area contributed by atoms with Gasteiger partial charge in [-0.2, -0.15) is 0 Å². The van der Waals surface area contributed by atoms with Gasteiger partial charge in [0.15, 0.2) is 5.89 Å². The van der Waals surface area contributed by atoms with Gasteiger partial charge in [0, 0.05) is 26.1 Å². The molecular formula is C15H17N3O4S. The Kier molecular flexibility index (Phi) is 3.95. The summed E-state index contributed by atoms with van der Waals surface area (Å²) in [4.78, 5) is 17.4. The van der Waals surface area contributed by atoms with Gasteiger partial charge in [-0.3, -0.25) is 4.79 Å². The van der Waals surface area contributed by atoms with E-state index in [0.29, 0.717) is 24.6 Å². The fraction of sp³-hybridized carbons (Fsp3) is 0.333. The predicted octanol–water partition coefficient (Wildman–Crippen LogP) is 1.37. The molecule has 1 N–H and O–H groups in total. The van der Waals surface area contributed by atoms with E-state index < -0.39 is 10.0 Å². The van der Waals surface area contributed by atoms with Crippen LogP contribution in [0.25, 0.3) is 0 Å². The van der Waals surface area contributed by atoms with Crippen molar-refractivity contribution < 1.29 is 17.6 Å². The first kappa shape index (κ1) is 15.7. The molecule has 23 heavy (non-hydrogen) atoms. The third-order valence-corrected chi connectivity index (χ3v) is 5.15. The molecule has 0 radical (unpaired) electrons. The lowest BCUT2D eigenvalue weighted by Gasteiger charge is -2.15. The van der Waals surface area contributed by atoms with E-state index in [1.807, 2.05) is 0 Å². The molecule has 0 bridgehead atoms. The molecule has 0 atom stereocenters. The number of nitrogens with one attached hydrogen (secondary N) is 1. The lowest BCUT2D eigenvalue weighted by Crippen LogP contribution is -2.26. The summed E-state index contributed by atoms with van der Waals surface area (Å²) in [6.45, 7) is 3.84. The topological polar surface area (TPSA) is 92.5 Å². The zero-order chi connectivity index (χ0) is 16.6. The second kappa shape index (κ2) is 5.78. The minimum absolute atomic E-state index is 0.0427. The minimum atomic E-state index is -3.64. The highest BCUT2D eigenvalue weighted by atomic mass is 32.2. The highest BCUT2D eigenvalue weighted by Gasteiger charge is 2.24. The first-order chi connectivity index (χ1) is 10.9. The average Bonchev–Trinajstić information content (AvgIpc) is 3.10. The van der Waals surface area contributed by atoms with Crippen LogP contribution in [0.5, 0.6) is 0 Å². The molecule has 0 spiro atoms. The van der Waals surface area contributed by atoms with Crippen molar-refractivity contribution in [3.05, 3.63) is 41.6 Å². The smallest absolute Gasteiger partial charge is 0.240 e. The number of fused-ring (bicyclic) bond motifs is 1. The van der Waals surface area contributed by atoms with Gasteiger partial charge in [0.05, 0.1) is 17.1 Å². The third-order valence-electron chi connectivity index (χ3n) is 3.75. The number of carbonyl (C=O) groups is 1. The summed E-state index contributed by atoms with van der Waals surface area (Å²) in [6.07, 6.45) is 2.08. The number of hydrogen-bond donors (Lipinski definition) is 1. The number of aromatic nitrogens is 1. The van der Waals surface area contributed by atoms with Crippen LogP contribution in [0.4, 0.5) is 5.69 Å². The molecule has 7 nitrogen and oxygen atoms in total. The highest BCUT2D eigenvalue weighted by molar-refractivity contribution is 7.89. The van der Waals surface area contributed by atoms with Gasteiger partial charge >= 0.3 is 0 Å². The number of anilines is 1. The monoisotopic (exact) mass is 335 g/mol. The van der Waals surface area contributed by atoms with Gasteiger partial charge in [0.25, 0.3) is 0 Å². The largest absolute Gasteiger partial charge is 0.449 e. The number of sulfonamides is 1. The number of benzene rings is 1. The van der Waals surface area contributed by atoms with Crippen molar-refractivity contribution in [3.8, 4) is 0 Å². The van der Waals surface area contributed by atoms with Crippen LogP contribution in [-0.4, -0.2) is 25.9 Å². The van der Waals surface area contributed by atoms with Crippen LogP contribution in [0.2, 0.25) is 0 Å². The van der Waals surface area contributed by atoms with Gasteiger partial charge in [-0.25, -0.2) is 18.1 Å². The van der Waals surface area contributed by atoms with E-state index in [4.69, 9.17) is 4.42 Å². The van der Waals surface area contributed by atoms with Crippen molar-refractivity contribution in [2.24, 2.45) is 0 Å². The molecule has 0 saturated carbocycles. The molecule has 0 fully saturated rings. The normalized spacial score (nSPS) is 14.1. The number of oxazole rings is 1. The maximum absolute atomic E-state index is 12.4. The number of amides is 1. The molecule has 1 aromatic heterocycles. The van der Waals surface area contributed by atoms with Crippen molar-refractivity contribution in [1.29, 1.82) is 0 Å². The maximum atomic E-state index is 12.4. The van der Waals surface area contributed by atoms with Crippen LogP contribution < -0.4 is 9.62 Å². The molecule has 2 heterocycles. The zero-order valence-electron chi connectivity index (χ0n) is 12.9. The van der Waals surface area contributed by atoms with Crippen LogP contribution in [0.15, 0.2) is 33.8 Å². The summed E-state index contributed by atoms with van der Waals surface area (Å²) in [7, 11) is -3.64. The summed E-state index contributed by atoms with van der Waals surface area (Å²) in [5.74, 6) is 0.444. The first-order valence-corrected chi connectivity index (χ1v) is 8.67. The fourth-order valence-corrected chi connectivity index (χ4v) is 3.66. The van der Waals surface area contributed by atoms with Crippen LogP contribution in [0, 0.1) is 6.92 Å². The molecule has 1 aliphatic heterocycles. The van der Waals surface area contributed by atoms with Gasteiger partial charge in [-0.1, -0.05) is 0 Å². The number of rotatable bonds is 4. The van der Waals surface area contributed by atoms with E-state index in [1.165, 1.54) is 19.3 Å². The Morgan fingerprint density at radius 2 is 2.22 bits per heavy atom. The maximum Gasteiger partial charge on any atom is 0.240 e. The van der Waals surface area contributed by atoms with Gasteiger partial charge in [0.2, 0.25) is 15.9 Å². The van der Waals surface area contributed by atoms with Gasteiger partial charge in [-0.15, -0.1) is 0 Å². The van der Waals surface area contributed by atoms with Crippen molar-refractivity contribution in [3.63, 3.8) is 0 Å². The predicted molar refractivity (Wildman–Crippen MR) is 83.4 cm³/mol. The quantitative estimate of drug-likeness (QED) is 0.911. The Morgan fingerprint density at radius 3 is 2.87 bits per heavy atom. The molecule has 1 amide bonds. The van der Waals surface area contributed by atoms with Crippen molar-refractivity contribution in [2.75, 3.05) is 11.4 Å². The molecule has 3 rings (SSSR count). The van der Waals surface area contributed by atoms with Crippen LogP contribution in [0.1, 0.15) is 24.1 Å². The second-order valence-corrected chi connectivity index (χ2v) is 7.16. The summed E-state index contributed by atoms with van der Waals surface area (Å²) >= 11 is 0. The van der Waals surface area contributed by atoms with Crippen LogP contribution in [-0.2, 0) is 27.8 Å². The number of nitrogens with zero attached hydrogens (tertiary/aromatic N) is 2. The zero-order valence-corrected chi connectivity index (χ0v) is 13.7. The molecular weight excluding hydrogens is 318 g/mol. The first-order valence-electron chi connectivity index (χ1n) is 7.18. The average molecular weight is 335 g/mol. The summed E-state index contributed by atoms with van der Waals surface area (Å²) in [6, 6.07) is 4.81. The summed E-state index contributed by atoms with van der Waals surface area (Å²) in [5, 5.41) is 0. The Hall–Kier alpha value is -2.19. The molecule has 1 aliphatic rings. The Balaban J connectivity index is 1.80. The minimum Gasteiger partial charge on any atom is -0.449 e. The Morgan fingerprint density at radius 1 is 1.43 bits per heavy atom. The van der Waals surface area contributed by atoms with Gasteiger partial charge < -0.3 is 9.32 Å². The third kappa shape index (κ3) is 3.13. The van der Waals surface area contributed by atoms with Crippen molar-refractivity contribution in [1.82, 2.24) is 9.71 Å². The van der Waals surface area contributed by atoms with Crippen molar-refractivity contribution in [2.45, 2.75) is 31.7 Å². The van der Waals surface area contributed by atoms with E-state index >= 15 is 0 Å². The van der Waals surface area contributed by atoms with E-state index in [-0.39, 0.29) is 17.3 Å². The molecule has 0 unspecified atom stereocenters. The molecule has 2 aromatic rings. The Bertz CT molecular complexity index is 857. The number of aryl methyl sites for hydroxylation is 1. The van der Waals surface area contributed by atoms with E-state index in [1.54, 1.807) is 24.0 Å². The second-order valence-electron chi connectivity index (χ2n) is 5.39. The summed E-state index contributed by atoms with van der Waals surface area (Å²) in [5.41, 5.74) is 2.17. The van der Waals surface area contributed by atoms with Crippen LogP contribution in [0.3, 0.4) is 0 Å². The highest BCUT2D eigenvalue weighted by Crippen LogP contribution is 2.30. The Labute approximate surface area is 134 Å². The molecule has 0 saturated heterocycles. The molecule has 8 heteroatoms. The summed E-state index contributed by atoms with van der Waals surface area (Å²) < 4.78 is 32.3. The van der Waals surface area contributed by atoms with Gasteiger partial charge in [-0.05, 0) is 30.2 Å². The number of hydrogen-bond acceptors (Lipinski definition) is 5. The van der Waals surface area contributed by atoms with E-state index in [2.05, 4.69) is 9.71 Å².